The van der Waals surface area contributed by atoms with Gasteiger partial charge in [0.05, 0.1) is 19.1 Å². The number of nitrogens with zero attached hydrogens (tertiary/aromatic N) is 7. The zero-order valence-corrected chi connectivity index (χ0v) is 29.2. The quantitative estimate of drug-likeness (QED) is 0.117. The smallest absolute Gasteiger partial charge is 0.320 e. The van der Waals surface area contributed by atoms with Gasteiger partial charge in [-0.2, -0.15) is 5.06 Å². The molecule has 1 N–H and O–H groups in total. The minimum atomic E-state index is -0.323. The van der Waals surface area contributed by atoms with Gasteiger partial charge in [0.15, 0.2) is 0 Å². The van der Waals surface area contributed by atoms with Crippen molar-refractivity contribution in [3.05, 3.63) is 6.33 Å². The average molecular weight is 591 g/mol. The highest BCUT2D eigenvalue weighted by Gasteiger charge is 2.47. The lowest BCUT2D eigenvalue weighted by Gasteiger charge is -2.53. The molecule has 2 heterocycles. The Hall–Kier alpha value is -1.67. The van der Waals surface area contributed by atoms with E-state index in [1.165, 1.54) is 32.1 Å². The van der Waals surface area contributed by atoms with E-state index in [9.17, 15) is 5.21 Å². The second-order valence-corrected chi connectivity index (χ2v) is 13.9. The van der Waals surface area contributed by atoms with E-state index < -0.39 is 0 Å². The molecule has 0 spiro atoms. The van der Waals surface area contributed by atoms with Crippen LogP contribution in [-0.4, -0.2) is 70.1 Å². The van der Waals surface area contributed by atoms with Crippen LogP contribution in [0.25, 0.3) is 0 Å². The fourth-order valence-electron chi connectivity index (χ4n) is 6.49. The van der Waals surface area contributed by atoms with Crippen LogP contribution in [0, 0.1) is 0 Å². The maximum absolute atomic E-state index is 11.1. The molecule has 1 fully saturated rings. The Morgan fingerprint density at radius 3 is 1.67 bits per heavy atom. The van der Waals surface area contributed by atoms with Crippen LogP contribution < -0.4 is 19.5 Å². The van der Waals surface area contributed by atoms with Gasteiger partial charge in [0.1, 0.15) is 0 Å². The highest BCUT2D eigenvalue weighted by atomic mass is 16.5. The molecule has 0 saturated carbocycles. The van der Waals surface area contributed by atoms with Crippen molar-refractivity contribution in [2.24, 2.45) is 0 Å². The minimum absolute atomic E-state index is 0.272. The van der Waals surface area contributed by atoms with Crippen LogP contribution >= 0.6 is 0 Å². The van der Waals surface area contributed by atoms with E-state index in [-0.39, 0.29) is 17.1 Å². The number of anilines is 2. The summed E-state index contributed by atoms with van der Waals surface area (Å²) in [5, 5.41) is 15.3. The summed E-state index contributed by atoms with van der Waals surface area (Å²) >= 11 is 0. The molecule has 42 heavy (non-hydrogen) atoms. The molecule has 1 aliphatic rings. The standard InChI is InChI=1S/C34H68N7O/c1-10-15-20-21-26-39(30-27-33(6,7)41(42)34(8,9)28-30)40-29-35-31(37(22-16-11-2)23-17-12-3)36-32(40)38(24-18-13-4)25-19-14-5/h29-30,42H,10-28H2,1-9H3/q+1. The first-order chi connectivity index (χ1) is 20.1. The van der Waals surface area contributed by atoms with Gasteiger partial charge in [-0.25, -0.2) is 0 Å². The molecule has 1 saturated heterocycles. The van der Waals surface area contributed by atoms with Gasteiger partial charge in [-0.15, -0.1) is 4.68 Å². The molecular formula is C34H68N7O+. The van der Waals surface area contributed by atoms with Crippen LogP contribution in [0.4, 0.5) is 11.9 Å². The van der Waals surface area contributed by atoms with Crippen LogP contribution in [0.5, 0.6) is 0 Å². The van der Waals surface area contributed by atoms with Gasteiger partial charge in [-0.3, -0.25) is 9.91 Å². The zero-order valence-electron chi connectivity index (χ0n) is 29.2. The van der Waals surface area contributed by atoms with Crippen molar-refractivity contribution in [1.29, 1.82) is 0 Å². The largest absolute Gasteiger partial charge is 0.375 e. The lowest BCUT2D eigenvalue weighted by Crippen LogP contribution is -2.71. The fraction of sp³-hybridized carbons (Fsp3) is 0.912. The van der Waals surface area contributed by atoms with Crippen LogP contribution in [0.15, 0.2) is 6.33 Å². The maximum Gasteiger partial charge on any atom is 0.375 e. The van der Waals surface area contributed by atoms with Gasteiger partial charge in [0.25, 0.3) is 0 Å². The summed E-state index contributed by atoms with van der Waals surface area (Å²) in [4.78, 5) is 15.5. The van der Waals surface area contributed by atoms with E-state index in [0.717, 1.165) is 102 Å². The lowest BCUT2D eigenvalue weighted by atomic mass is 9.78. The summed E-state index contributed by atoms with van der Waals surface area (Å²) in [5.74, 6) is 1.91. The van der Waals surface area contributed by atoms with Crippen molar-refractivity contribution in [2.75, 3.05) is 47.5 Å². The second kappa shape index (κ2) is 18.2. The SMILES string of the molecule is CCCCCCN(C1CC(C)(C)N(O)C(C)(C)C1)[n+]1cnc(N(CCCC)CCCC)nc1N(CCCC)CCCC. The first-order valence-electron chi connectivity index (χ1n) is 17.6. The molecule has 0 amide bonds. The van der Waals surface area contributed by atoms with E-state index in [1.54, 1.807) is 5.06 Å². The molecular weight excluding hydrogens is 522 g/mol. The third kappa shape index (κ3) is 10.5. The number of hydrogen-bond donors (Lipinski definition) is 1. The number of unbranched alkanes of at least 4 members (excludes halogenated alkanes) is 7. The topological polar surface area (TPSA) is 62.9 Å². The normalized spacial score (nSPS) is 17.0. The third-order valence-electron chi connectivity index (χ3n) is 8.94. The second-order valence-electron chi connectivity index (χ2n) is 13.9. The van der Waals surface area contributed by atoms with Crippen molar-refractivity contribution in [3.8, 4) is 0 Å². The van der Waals surface area contributed by atoms with Crippen LogP contribution in [0.1, 0.15) is 152 Å². The van der Waals surface area contributed by atoms with Crippen molar-refractivity contribution < 1.29 is 9.88 Å². The number of hydrogen-bond acceptors (Lipinski definition) is 7. The van der Waals surface area contributed by atoms with E-state index in [4.69, 9.17) is 9.97 Å². The zero-order chi connectivity index (χ0) is 31.2. The predicted molar refractivity (Wildman–Crippen MR) is 178 cm³/mol. The monoisotopic (exact) mass is 591 g/mol. The van der Waals surface area contributed by atoms with E-state index >= 15 is 0 Å². The van der Waals surface area contributed by atoms with Crippen LogP contribution in [-0.2, 0) is 0 Å². The maximum atomic E-state index is 11.1. The van der Waals surface area contributed by atoms with Crippen LogP contribution in [0.2, 0.25) is 0 Å². The average Bonchev–Trinajstić information content (AvgIpc) is 2.96. The number of hydroxylamine groups is 2. The lowest BCUT2D eigenvalue weighted by molar-refractivity contribution is -0.692. The Kier molecular flexibility index (Phi) is 15.8. The molecule has 0 radical (unpaired) electrons. The van der Waals surface area contributed by atoms with Crippen molar-refractivity contribution in [1.82, 2.24) is 15.0 Å². The summed E-state index contributed by atoms with van der Waals surface area (Å²) in [5.41, 5.74) is -0.645. The molecule has 0 aliphatic carbocycles. The predicted octanol–water partition coefficient (Wildman–Crippen LogP) is 7.51. The summed E-state index contributed by atoms with van der Waals surface area (Å²) in [6.45, 7) is 25.0. The molecule has 2 rings (SSSR count). The molecule has 1 aromatic rings. The summed E-state index contributed by atoms with van der Waals surface area (Å²) < 4.78 is 2.32. The Balaban J connectivity index is 2.67. The van der Waals surface area contributed by atoms with Crippen molar-refractivity contribution >= 4 is 11.9 Å². The Morgan fingerprint density at radius 1 is 0.714 bits per heavy atom. The van der Waals surface area contributed by atoms with Crippen molar-refractivity contribution in [3.63, 3.8) is 0 Å². The van der Waals surface area contributed by atoms with Gasteiger partial charge in [-0.1, -0.05) is 89.5 Å². The minimum Gasteiger partial charge on any atom is -0.320 e. The fourth-order valence-corrected chi connectivity index (χ4v) is 6.49. The first kappa shape index (κ1) is 36.5. The van der Waals surface area contributed by atoms with E-state index in [0.29, 0.717) is 0 Å². The first-order valence-corrected chi connectivity index (χ1v) is 17.6. The highest BCUT2D eigenvalue weighted by molar-refractivity contribution is 5.35. The summed E-state index contributed by atoms with van der Waals surface area (Å²) in [7, 11) is 0. The summed E-state index contributed by atoms with van der Waals surface area (Å²) in [6.07, 6.45) is 18.0. The molecule has 0 aromatic carbocycles. The molecule has 8 heteroatoms. The molecule has 0 unspecified atom stereocenters. The Labute approximate surface area is 259 Å². The van der Waals surface area contributed by atoms with E-state index in [2.05, 4.69) is 88.1 Å². The molecule has 244 valence electrons. The summed E-state index contributed by atoms with van der Waals surface area (Å²) in [6, 6.07) is 0.272. The molecule has 0 bridgehead atoms. The molecule has 1 aliphatic heterocycles. The molecule has 1 aromatic heterocycles. The molecule has 0 atom stereocenters. The van der Waals surface area contributed by atoms with Gasteiger partial charge in [0.2, 0.25) is 6.33 Å². The third-order valence-corrected chi connectivity index (χ3v) is 8.94. The van der Waals surface area contributed by atoms with Gasteiger partial charge in [0, 0.05) is 30.7 Å². The number of aromatic nitrogens is 3. The number of rotatable bonds is 21. The van der Waals surface area contributed by atoms with Gasteiger partial charge in [-0.05, 0) is 72.6 Å². The number of piperidine rings is 1. The molecule has 8 nitrogen and oxygen atoms in total. The van der Waals surface area contributed by atoms with Gasteiger partial charge < -0.3 is 10.1 Å². The highest BCUT2D eigenvalue weighted by Crippen LogP contribution is 2.38. The van der Waals surface area contributed by atoms with Crippen LogP contribution in [0.3, 0.4) is 0 Å². The Bertz CT molecular complexity index is 843. The van der Waals surface area contributed by atoms with Gasteiger partial charge >= 0.3 is 11.9 Å². The van der Waals surface area contributed by atoms with Crippen molar-refractivity contribution in [2.45, 2.75) is 169 Å². The Morgan fingerprint density at radius 2 is 1.19 bits per heavy atom. The van der Waals surface area contributed by atoms with E-state index in [1.807, 2.05) is 0 Å².